The molecule has 1 unspecified atom stereocenters. The summed E-state index contributed by atoms with van der Waals surface area (Å²) in [6.45, 7) is 4.95. The maximum atomic E-state index is 6.26. The van der Waals surface area contributed by atoms with Crippen LogP contribution in [0.15, 0.2) is 46.9 Å². The third-order valence-electron chi connectivity index (χ3n) is 5.14. The van der Waals surface area contributed by atoms with E-state index in [2.05, 4.69) is 22.5 Å². The van der Waals surface area contributed by atoms with Crippen molar-refractivity contribution in [1.29, 1.82) is 0 Å². The predicted molar refractivity (Wildman–Crippen MR) is 134 cm³/mol. The van der Waals surface area contributed by atoms with Crippen molar-refractivity contribution in [2.45, 2.75) is 37.4 Å². The van der Waals surface area contributed by atoms with Gasteiger partial charge >= 0.3 is 0 Å². The second-order valence-corrected chi connectivity index (χ2v) is 10.1. The van der Waals surface area contributed by atoms with E-state index in [1.54, 1.807) is 41.3 Å². The fourth-order valence-electron chi connectivity index (χ4n) is 3.49. The summed E-state index contributed by atoms with van der Waals surface area (Å²) < 4.78 is 18.9. The van der Waals surface area contributed by atoms with Gasteiger partial charge in [-0.3, -0.25) is 0 Å². The molecule has 0 radical (unpaired) electrons. The summed E-state index contributed by atoms with van der Waals surface area (Å²) in [6.07, 6.45) is -0.336. The highest BCUT2D eigenvalue weighted by Crippen LogP contribution is 2.37. The molecule has 0 fully saturated rings. The number of aromatic nitrogens is 4. The van der Waals surface area contributed by atoms with Gasteiger partial charge < -0.3 is 18.8 Å². The SMILES string of the molecule is CCn1c(SCc2csc(-c3ccc4c(c3)OCO4)n2)nnc1C(C)Oc1ccc(Cl)cc1Cl. The molecule has 5 rings (SSSR count). The average molecular weight is 535 g/mol. The van der Waals surface area contributed by atoms with Crippen LogP contribution in [-0.4, -0.2) is 26.5 Å². The summed E-state index contributed by atoms with van der Waals surface area (Å²) >= 11 is 15.4. The number of hydrogen-bond acceptors (Lipinski definition) is 8. The number of fused-ring (bicyclic) bond motifs is 1. The van der Waals surface area contributed by atoms with Crippen LogP contribution in [0.5, 0.6) is 17.2 Å². The molecule has 1 aliphatic heterocycles. The largest absolute Gasteiger partial charge is 0.481 e. The zero-order valence-electron chi connectivity index (χ0n) is 18.3. The predicted octanol–water partition coefficient (Wildman–Crippen LogP) is 6.89. The molecule has 34 heavy (non-hydrogen) atoms. The lowest BCUT2D eigenvalue weighted by Gasteiger charge is -2.16. The average Bonchev–Trinajstić information content (AvgIpc) is 3.57. The van der Waals surface area contributed by atoms with Crippen molar-refractivity contribution in [2.75, 3.05) is 6.79 Å². The smallest absolute Gasteiger partial charge is 0.231 e. The van der Waals surface area contributed by atoms with Gasteiger partial charge in [0.25, 0.3) is 0 Å². The number of thioether (sulfide) groups is 1. The molecule has 1 aliphatic rings. The van der Waals surface area contributed by atoms with E-state index in [0.29, 0.717) is 28.1 Å². The number of halogens is 2. The van der Waals surface area contributed by atoms with Crippen LogP contribution in [0.1, 0.15) is 31.5 Å². The maximum Gasteiger partial charge on any atom is 0.231 e. The van der Waals surface area contributed by atoms with Crippen molar-refractivity contribution in [1.82, 2.24) is 19.7 Å². The summed E-state index contributed by atoms with van der Waals surface area (Å²) in [5.74, 6) is 3.48. The first-order valence-corrected chi connectivity index (χ1v) is 13.2. The third-order valence-corrected chi connectivity index (χ3v) is 7.61. The molecule has 2 aromatic carbocycles. The normalized spacial score (nSPS) is 13.3. The highest BCUT2D eigenvalue weighted by Gasteiger charge is 2.20. The number of hydrogen-bond donors (Lipinski definition) is 0. The van der Waals surface area contributed by atoms with Crippen molar-refractivity contribution in [3.05, 3.63) is 63.3 Å². The fourth-order valence-corrected chi connectivity index (χ4v) is 5.77. The van der Waals surface area contributed by atoms with Gasteiger partial charge in [-0.1, -0.05) is 35.0 Å². The highest BCUT2D eigenvalue weighted by atomic mass is 35.5. The molecule has 0 saturated carbocycles. The lowest BCUT2D eigenvalue weighted by Crippen LogP contribution is -2.12. The lowest BCUT2D eigenvalue weighted by molar-refractivity contribution is 0.174. The molecule has 0 bridgehead atoms. The van der Waals surface area contributed by atoms with Gasteiger partial charge in [0, 0.05) is 28.3 Å². The van der Waals surface area contributed by atoms with E-state index in [4.69, 9.17) is 42.4 Å². The van der Waals surface area contributed by atoms with E-state index in [1.807, 2.05) is 29.7 Å². The Kier molecular flexibility index (Phi) is 6.87. The summed E-state index contributed by atoms with van der Waals surface area (Å²) in [7, 11) is 0. The van der Waals surface area contributed by atoms with Gasteiger partial charge in [-0.15, -0.1) is 21.5 Å². The summed E-state index contributed by atoms with van der Waals surface area (Å²) in [6, 6.07) is 11.0. The highest BCUT2D eigenvalue weighted by molar-refractivity contribution is 7.98. The summed E-state index contributed by atoms with van der Waals surface area (Å²) in [4.78, 5) is 4.78. The standard InChI is InChI=1S/C23H20Cl2N4O3S2/c1-3-29-21(13(2)32-18-7-5-15(24)9-17(18)25)27-28-23(29)34-11-16-10-33-22(26-16)14-4-6-19-20(8-14)31-12-30-19/h4-10,13H,3,11-12H2,1-2H3. The van der Waals surface area contributed by atoms with Crippen LogP contribution < -0.4 is 14.2 Å². The molecule has 2 aromatic heterocycles. The van der Waals surface area contributed by atoms with Crippen molar-refractivity contribution in [3.8, 4) is 27.8 Å². The van der Waals surface area contributed by atoms with Gasteiger partial charge in [0.2, 0.25) is 6.79 Å². The van der Waals surface area contributed by atoms with Gasteiger partial charge in [0.15, 0.2) is 28.6 Å². The molecule has 176 valence electrons. The van der Waals surface area contributed by atoms with Gasteiger partial charge in [0.05, 0.1) is 10.7 Å². The maximum absolute atomic E-state index is 6.26. The Labute approximate surface area is 215 Å². The third kappa shape index (κ3) is 4.84. The Morgan fingerprint density at radius 3 is 2.82 bits per heavy atom. The topological polar surface area (TPSA) is 71.3 Å². The Hall–Kier alpha value is -2.46. The molecular formula is C23H20Cl2N4O3S2. The monoisotopic (exact) mass is 534 g/mol. The fraction of sp³-hybridized carbons (Fsp3) is 0.261. The Balaban J connectivity index is 1.27. The number of rotatable bonds is 8. The molecule has 3 heterocycles. The Morgan fingerprint density at radius 2 is 2.00 bits per heavy atom. The summed E-state index contributed by atoms with van der Waals surface area (Å²) in [5.41, 5.74) is 1.99. The van der Waals surface area contributed by atoms with E-state index in [0.717, 1.165) is 38.7 Å². The quantitative estimate of drug-likeness (QED) is 0.228. The minimum absolute atomic E-state index is 0.259. The van der Waals surface area contributed by atoms with Crippen molar-refractivity contribution >= 4 is 46.3 Å². The molecular weight excluding hydrogens is 515 g/mol. The van der Waals surface area contributed by atoms with E-state index in [1.165, 1.54) is 0 Å². The van der Waals surface area contributed by atoms with Gasteiger partial charge in [-0.05, 0) is 50.2 Å². The van der Waals surface area contributed by atoms with Crippen molar-refractivity contribution in [3.63, 3.8) is 0 Å². The molecule has 0 saturated heterocycles. The Morgan fingerprint density at radius 1 is 1.15 bits per heavy atom. The molecule has 7 nitrogen and oxygen atoms in total. The molecule has 4 aromatic rings. The molecule has 0 spiro atoms. The van der Waals surface area contributed by atoms with E-state index >= 15 is 0 Å². The van der Waals surface area contributed by atoms with Crippen LogP contribution in [0.4, 0.5) is 0 Å². The first kappa shape index (κ1) is 23.3. The Bertz CT molecular complexity index is 1330. The number of thiazole rings is 1. The lowest BCUT2D eigenvalue weighted by atomic mass is 10.2. The van der Waals surface area contributed by atoms with Crippen LogP contribution in [0.2, 0.25) is 10.0 Å². The van der Waals surface area contributed by atoms with E-state index in [9.17, 15) is 0 Å². The van der Waals surface area contributed by atoms with Gasteiger partial charge in [-0.25, -0.2) is 4.98 Å². The molecule has 1 atom stereocenters. The van der Waals surface area contributed by atoms with Crippen LogP contribution >= 0.6 is 46.3 Å². The molecule has 0 aliphatic carbocycles. The number of ether oxygens (including phenoxy) is 3. The molecule has 0 N–H and O–H groups in total. The second-order valence-electron chi connectivity index (χ2n) is 7.42. The molecule has 11 heteroatoms. The van der Waals surface area contributed by atoms with Crippen LogP contribution in [0, 0.1) is 0 Å². The summed E-state index contributed by atoms with van der Waals surface area (Å²) in [5, 5.41) is 13.6. The van der Waals surface area contributed by atoms with Gasteiger partial charge in [0.1, 0.15) is 10.8 Å². The van der Waals surface area contributed by atoms with Crippen molar-refractivity contribution in [2.24, 2.45) is 0 Å². The van der Waals surface area contributed by atoms with Crippen LogP contribution in [0.25, 0.3) is 10.6 Å². The molecule has 0 amide bonds. The first-order valence-electron chi connectivity index (χ1n) is 10.5. The zero-order valence-corrected chi connectivity index (χ0v) is 21.5. The first-order chi connectivity index (χ1) is 16.5. The number of benzene rings is 2. The van der Waals surface area contributed by atoms with Crippen LogP contribution in [-0.2, 0) is 12.3 Å². The van der Waals surface area contributed by atoms with E-state index in [-0.39, 0.29) is 12.9 Å². The van der Waals surface area contributed by atoms with Crippen LogP contribution in [0.3, 0.4) is 0 Å². The van der Waals surface area contributed by atoms with Gasteiger partial charge in [-0.2, -0.15) is 0 Å². The zero-order chi connectivity index (χ0) is 23.7. The number of nitrogens with zero attached hydrogens (tertiary/aromatic N) is 4. The van der Waals surface area contributed by atoms with Crippen molar-refractivity contribution < 1.29 is 14.2 Å². The van der Waals surface area contributed by atoms with E-state index < -0.39 is 0 Å². The minimum atomic E-state index is -0.336. The second kappa shape index (κ2) is 10.0. The minimum Gasteiger partial charge on any atom is -0.481 e.